The highest BCUT2D eigenvalue weighted by Crippen LogP contribution is 2.26. The highest BCUT2D eigenvalue weighted by molar-refractivity contribution is 9.11. The van der Waals surface area contributed by atoms with Gasteiger partial charge in [-0.2, -0.15) is 0 Å². The van der Waals surface area contributed by atoms with Gasteiger partial charge in [0.15, 0.2) is 7.83 Å². The fourth-order valence-corrected chi connectivity index (χ4v) is 6.21. The van der Waals surface area contributed by atoms with Crippen molar-refractivity contribution >= 4 is 92.9 Å². The van der Waals surface area contributed by atoms with Crippen LogP contribution < -0.4 is 9.03 Å². The van der Waals surface area contributed by atoms with Gasteiger partial charge in [0.1, 0.15) is 6.73 Å². The van der Waals surface area contributed by atoms with Crippen LogP contribution in [0.25, 0.3) is 0 Å². The molecule has 2 rings (SSSR count). The molecule has 0 fully saturated rings. The van der Waals surface area contributed by atoms with Gasteiger partial charge in [-0.1, -0.05) is 42.3 Å². The Morgan fingerprint density at radius 2 is 1.57 bits per heavy atom. The number of hydrogen-bond acceptors (Lipinski definition) is 11. The average Bonchev–Trinajstić information content (AvgIpc) is 3.12. The zero-order chi connectivity index (χ0) is 23.2. The van der Waals surface area contributed by atoms with E-state index in [0.717, 1.165) is 45.5 Å². The van der Waals surface area contributed by atoms with E-state index < -0.39 is 28.1 Å². The molecule has 2 aromatic heterocycles. The third-order valence-electron chi connectivity index (χ3n) is 2.88. The molecule has 0 unspecified atom stereocenters. The van der Waals surface area contributed by atoms with Crippen molar-refractivity contribution in [1.82, 2.24) is 20.4 Å². The van der Waals surface area contributed by atoms with Crippen molar-refractivity contribution in [1.29, 1.82) is 0 Å². The minimum atomic E-state index is -3.41. The summed E-state index contributed by atoms with van der Waals surface area (Å²) in [5.41, 5.74) is 0. The van der Waals surface area contributed by atoms with Crippen molar-refractivity contribution in [2.45, 2.75) is 25.7 Å². The standard InChI is InChI=1S/C9H18BrN3O3S2Si.C3H4BrN3O2S2/c1-18(14,15)13(9-12-11-8(10)17-9)7-16-5-6-19(2,3)4;1-11(8,9)7-3-6-5-2(4)10-3/h5-7H2,1-4H3;1H3,(H,6,7). The number of halogens is 2. The first-order valence-electron chi connectivity index (χ1n) is 8.08. The maximum absolute atomic E-state index is 11.7. The Bertz CT molecular complexity index is 1020. The fraction of sp³-hybridized carbons (Fsp3) is 0.667. The molecule has 2 heterocycles. The van der Waals surface area contributed by atoms with Gasteiger partial charge in [0, 0.05) is 14.7 Å². The van der Waals surface area contributed by atoms with Crippen LogP contribution in [0.15, 0.2) is 7.83 Å². The van der Waals surface area contributed by atoms with Crippen molar-refractivity contribution in [2.24, 2.45) is 0 Å². The van der Waals surface area contributed by atoms with Crippen LogP contribution in [0.4, 0.5) is 10.3 Å². The van der Waals surface area contributed by atoms with E-state index in [1.807, 2.05) is 0 Å². The zero-order valence-corrected chi connectivity index (χ0v) is 24.2. The van der Waals surface area contributed by atoms with Gasteiger partial charge < -0.3 is 4.74 Å². The molecule has 0 amide bonds. The lowest BCUT2D eigenvalue weighted by molar-refractivity contribution is 0.156. The molecule has 0 aliphatic carbocycles. The summed E-state index contributed by atoms with van der Waals surface area (Å²) < 4.78 is 54.5. The van der Waals surface area contributed by atoms with Gasteiger partial charge in [-0.3, -0.25) is 4.72 Å². The summed E-state index contributed by atoms with van der Waals surface area (Å²) in [6, 6.07) is 0.990. The van der Waals surface area contributed by atoms with E-state index in [1.54, 1.807) is 0 Å². The Hall–Kier alpha value is -0.243. The molecule has 2 aromatic rings. The highest BCUT2D eigenvalue weighted by atomic mass is 79.9. The van der Waals surface area contributed by atoms with Crippen LogP contribution >= 0.6 is 54.5 Å². The maximum atomic E-state index is 11.7. The molecule has 0 spiro atoms. The second kappa shape index (κ2) is 11.6. The lowest BCUT2D eigenvalue weighted by Crippen LogP contribution is -2.33. The van der Waals surface area contributed by atoms with Crippen LogP contribution in [0.2, 0.25) is 25.7 Å². The minimum absolute atomic E-state index is 0.0229. The normalized spacial score (nSPS) is 12.2. The molecule has 172 valence electrons. The van der Waals surface area contributed by atoms with Crippen molar-refractivity contribution < 1.29 is 21.6 Å². The van der Waals surface area contributed by atoms with E-state index in [0.29, 0.717) is 19.6 Å². The molecular formula is C12H22Br2N6O5S4Si. The number of aromatic nitrogens is 4. The Balaban J connectivity index is 0.000000346. The third-order valence-corrected chi connectivity index (χ3v) is 9.12. The zero-order valence-electron chi connectivity index (χ0n) is 16.8. The topological polar surface area (TPSA) is 144 Å². The number of anilines is 2. The summed E-state index contributed by atoms with van der Waals surface area (Å²) in [5, 5.41) is 15.2. The van der Waals surface area contributed by atoms with E-state index in [-0.39, 0.29) is 11.9 Å². The van der Waals surface area contributed by atoms with Crippen LogP contribution in [0, 0.1) is 0 Å². The molecule has 0 aromatic carbocycles. The molecule has 18 heteroatoms. The Morgan fingerprint density at radius 3 is 1.97 bits per heavy atom. The van der Waals surface area contributed by atoms with Crippen LogP contribution in [0.1, 0.15) is 0 Å². The van der Waals surface area contributed by atoms with Gasteiger partial charge in [-0.15, -0.1) is 20.4 Å². The summed E-state index contributed by atoms with van der Waals surface area (Å²) >= 11 is 8.49. The molecule has 0 aliphatic rings. The van der Waals surface area contributed by atoms with Crippen LogP contribution in [-0.2, 0) is 24.8 Å². The molecular weight excluding hydrogens is 624 g/mol. The van der Waals surface area contributed by atoms with Gasteiger partial charge in [-0.05, 0) is 37.9 Å². The predicted molar refractivity (Wildman–Crippen MR) is 130 cm³/mol. The predicted octanol–water partition coefficient (Wildman–Crippen LogP) is 3.05. The van der Waals surface area contributed by atoms with E-state index in [1.165, 1.54) is 0 Å². The molecule has 0 aliphatic heterocycles. The molecule has 0 bridgehead atoms. The first-order valence-corrected chi connectivity index (χ1v) is 18.7. The Labute approximate surface area is 202 Å². The highest BCUT2D eigenvalue weighted by Gasteiger charge is 2.22. The molecule has 30 heavy (non-hydrogen) atoms. The maximum Gasteiger partial charge on any atom is 0.236 e. The Morgan fingerprint density at radius 1 is 1.00 bits per heavy atom. The monoisotopic (exact) mass is 644 g/mol. The van der Waals surface area contributed by atoms with E-state index >= 15 is 0 Å². The molecule has 0 atom stereocenters. The fourth-order valence-electron chi connectivity index (χ4n) is 1.52. The van der Waals surface area contributed by atoms with Crippen LogP contribution in [-0.4, -0.2) is 71.2 Å². The third kappa shape index (κ3) is 12.0. The van der Waals surface area contributed by atoms with Gasteiger partial charge >= 0.3 is 0 Å². The summed E-state index contributed by atoms with van der Waals surface area (Å²) in [7, 11) is -7.82. The van der Waals surface area contributed by atoms with Crippen molar-refractivity contribution in [2.75, 3.05) is 34.9 Å². The number of sulfonamides is 2. The number of nitrogens with zero attached hydrogens (tertiary/aromatic N) is 5. The lowest BCUT2D eigenvalue weighted by Gasteiger charge is -2.20. The van der Waals surface area contributed by atoms with Crippen LogP contribution in [0.5, 0.6) is 0 Å². The van der Waals surface area contributed by atoms with Gasteiger partial charge in [0.25, 0.3) is 0 Å². The van der Waals surface area contributed by atoms with E-state index in [2.05, 4.69) is 76.6 Å². The number of ether oxygens (including phenoxy) is 1. The van der Waals surface area contributed by atoms with Crippen molar-refractivity contribution in [3.05, 3.63) is 7.83 Å². The van der Waals surface area contributed by atoms with Gasteiger partial charge in [0.05, 0.1) is 12.5 Å². The number of rotatable bonds is 9. The molecule has 0 radical (unpaired) electrons. The van der Waals surface area contributed by atoms with E-state index in [9.17, 15) is 16.8 Å². The number of nitrogens with one attached hydrogen (secondary N) is 1. The second-order valence-electron chi connectivity index (χ2n) is 7.03. The number of hydrogen-bond donors (Lipinski definition) is 1. The first-order chi connectivity index (χ1) is 13.6. The van der Waals surface area contributed by atoms with Gasteiger partial charge in [0.2, 0.25) is 30.3 Å². The average molecular weight is 647 g/mol. The largest absolute Gasteiger partial charge is 0.360 e. The minimum Gasteiger partial charge on any atom is -0.360 e. The van der Waals surface area contributed by atoms with Crippen molar-refractivity contribution in [3.8, 4) is 0 Å². The first kappa shape index (κ1) is 27.8. The molecule has 0 saturated carbocycles. The summed E-state index contributed by atoms with van der Waals surface area (Å²) in [4.78, 5) is 0. The summed E-state index contributed by atoms with van der Waals surface area (Å²) in [5.74, 6) is 0. The summed E-state index contributed by atoms with van der Waals surface area (Å²) in [6.45, 7) is 7.26. The Kier molecular flexibility index (Phi) is 10.7. The molecule has 1 N–H and O–H groups in total. The van der Waals surface area contributed by atoms with Gasteiger partial charge in [-0.25, -0.2) is 21.1 Å². The lowest BCUT2D eigenvalue weighted by atomic mass is 10.8. The second-order valence-corrected chi connectivity index (χ2v) is 20.8. The van der Waals surface area contributed by atoms with Crippen LogP contribution in [0.3, 0.4) is 0 Å². The molecule has 0 saturated heterocycles. The summed E-state index contributed by atoms with van der Waals surface area (Å²) in [6.07, 6.45) is 2.19. The molecule has 11 nitrogen and oxygen atoms in total. The van der Waals surface area contributed by atoms with E-state index in [4.69, 9.17) is 4.74 Å². The smallest absolute Gasteiger partial charge is 0.236 e. The van der Waals surface area contributed by atoms with Crippen molar-refractivity contribution in [3.63, 3.8) is 0 Å². The quantitative estimate of drug-likeness (QED) is 0.247. The SMILES string of the molecule is CS(=O)(=O)Nc1nnc(Br)s1.C[Si](C)(C)CCOCN(c1nnc(Br)s1)S(C)(=O)=O.